The van der Waals surface area contributed by atoms with Crippen LogP contribution >= 0.6 is 136 Å². The van der Waals surface area contributed by atoms with E-state index in [1.807, 2.05) is 0 Å². The lowest BCUT2D eigenvalue weighted by molar-refractivity contribution is -0.146. The van der Waals surface area contributed by atoms with Crippen LogP contribution in [0.25, 0.3) is 0 Å². The Labute approximate surface area is 376 Å². The van der Waals surface area contributed by atoms with Crippen molar-refractivity contribution in [2.24, 2.45) is 0 Å². The summed E-state index contributed by atoms with van der Waals surface area (Å²) in [7, 11) is 0. The average Bonchev–Trinajstić information content (AvgIpc) is 3.04. The van der Waals surface area contributed by atoms with Crippen LogP contribution in [-0.4, -0.2) is 38.4 Å². The summed E-state index contributed by atoms with van der Waals surface area (Å²) in [6.45, 7) is 2.16. The highest BCUT2D eigenvalue weighted by Gasteiger charge is 2.10. The van der Waals surface area contributed by atoms with Gasteiger partial charge < -0.3 is 18.9 Å². The Morgan fingerprint density at radius 2 is 0.673 bits per heavy atom. The van der Waals surface area contributed by atoms with Gasteiger partial charge in [-0.15, -0.1) is 0 Å². The van der Waals surface area contributed by atoms with E-state index in [0.717, 1.165) is 76.1 Å². The van der Waals surface area contributed by atoms with E-state index in [-0.39, 0.29) is 11.9 Å². The predicted octanol–water partition coefficient (Wildman–Crippen LogP) is 13.3. The fourth-order valence-electron chi connectivity index (χ4n) is 5.12. The van der Waals surface area contributed by atoms with Crippen molar-refractivity contribution in [3.8, 4) is 11.5 Å². The van der Waals surface area contributed by atoms with Gasteiger partial charge >= 0.3 is 11.9 Å². The number of rotatable bonds is 28. The number of hydrogen-bond acceptors (Lipinski definition) is 6. The molecular formula is C37H50I6O6. The first-order valence-electron chi connectivity index (χ1n) is 17.5. The highest BCUT2D eigenvalue weighted by molar-refractivity contribution is 14.1. The lowest BCUT2D eigenvalue weighted by Gasteiger charge is -2.11. The molecule has 49 heavy (non-hydrogen) atoms. The first kappa shape index (κ1) is 46.5. The zero-order valence-electron chi connectivity index (χ0n) is 28.3. The van der Waals surface area contributed by atoms with Crippen molar-refractivity contribution < 1.29 is 28.5 Å². The third kappa shape index (κ3) is 23.0. The molecule has 12 heteroatoms. The quantitative estimate of drug-likeness (QED) is 0.0480. The minimum Gasteiger partial charge on any atom is -0.491 e. The van der Waals surface area contributed by atoms with E-state index in [1.165, 1.54) is 72.8 Å². The monoisotopic (exact) mass is 1350 g/mol. The van der Waals surface area contributed by atoms with Crippen molar-refractivity contribution in [2.45, 2.75) is 122 Å². The highest BCUT2D eigenvalue weighted by atomic mass is 127. The fourth-order valence-corrected chi connectivity index (χ4v) is 12.9. The topological polar surface area (TPSA) is 71.1 Å². The second kappa shape index (κ2) is 29.7. The van der Waals surface area contributed by atoms with E-state index < -0.39 is 0 Å². The standard InChI is InChI=1S/C37H50I6O6/c38-28-24-30(40)36(31(41)25-28)48-20-15-11-7-3-1-5-9-13-18-34(44)46-22-17-23-47-35(45)19-14-10-6-2-4-8-12-16-21-49-37-32(42)26-29(39)27-33(37)43/h24-27H,1-23H2. The Balaban J connectivity index is 1.28. The molecule has 0 fully saturated rings. The Hall–Kier alpha value is 1.36. The number of unbranched alkanes of at least 4 members (excludes halogenated alkanes) is 14. The Morgan fingerprint density at radius 3 is 1.00 bits per heavy atom. The molecule has 0 amide bonds. The molecule has 2 aromatic carbocycles. The lowest BCUT2D eigenvalue weighted by Crippen LogP contribution is -2.10. The Morgan fingerprint density at radius 1 is 0.388 bits per heavy atom. The van der Waals surface area contributed by atoms with Crippen molar-refractivity contribution in [1.82, 2.24) is 0 Å². The summed E-state index contributed by atoms with van der Waals surface area (Å²) >= 11 is 14.1. The molecule has 0 saturated carbocycles. The smallest absolute Gasteiger partial charge is 0.305 e. The van der Waals surface area contributed by atoms with Crippen LogP contribution in [0.4, 0.5) is 0 Å². The van der Waals surface area contributed by atoms with Gasteiger partial charge in [0.25, 0.3) is 0 Å². The number of benzene rings is 2. The molecule has 0 unspecified atom stereocenters. The zero-order valence-corrected chi connectivity index (χ0v) is 41.2. The molecule has 0 heterocycles. The molecule has 2 rings (SSSR count). The normalized spacial score (nSPS) is 11.1. The third-order valence-electron chi connectivity index (χ3n) is 7.78. The number of carbonyl (C=O) groups is 2. The summed E-state index contributed by atoms with van der Waals surface area (Å²) in [4.78, 5) is 24.0. The lowest BCUT2D eigenvalue weighted by atomic mass is 10.1. The molecule has 6 nitrogen and oxygen atoms in total. The summed E-state index contributed by atoms with van der Waals surface area (Å²) < 4.78 is 29.8. The van der Waals surface area contributed by atoms with Crippen LogP contribution in [0, 0.1) is 21.4 Å². The van der Waals surface area contributed by atoms with Crippen LogP contribution in [0.15, 0.2) is 24.3 Å². The van der Waals surface area contributed by atoms with Crippen LogP contribution in [0.2, 0.25) is 0 Å². The van der Waals surface area contributed by atoms with Crippen LogP contribution in [-0.2, 0) is 19.1 Å². The predicted molar refractivity (Wildman–Crippen MR) is 250 cm³/mol. The molecule has 0 saturated heterocycles. The van der Waals surface area contributed by atoms with E-state index in [0.29, 0.717) is 32.5 Å². The van der Waals surface area contributed by atoms with Gasteiger partial charge in [0.2, 0.25) is 0 Å². The molecule has 276 valence electrons. The highest BCUT2D eigenvalue weighted by Crippen LogP contribution is 2.31. The number of carbonyl (C=O) groups excluding carboxylic acids is 2. The van der Waals surface area contributed by atoms with E-state index in [4.69, 9.17) is 18.9 Å². The molecule has 0 N–H and O–H groups in total. The van der Waals surface area contributed by atoms with E-state index in [1.54, 1.807) is 0 Å². The van der Waals surface area contributed by atoms with Crippen molar-refractivity contribution in [1.29, 1.82) is 0 Å². The minimum absolute atomic E-state index is 0.149. The Kier molecular flexibility index (Phi) is 28.2. The van der Waals surface area contributed by atoms with Gasteiger partial charge in [-0.05, 0) is 185 Å². The third-order valence-corrected chi connectivity index (χ3v) is 12.2. The molecule has 0 radical (unpaired) electrons. The van der Waals surface area contributed by atoms with Gasteiger partial charge in [0.15, 0.2) is 0 Å². The molecule has 0 aromatic heterocycles. The maximum absolute atomic E-state index is 12.0. The number of ether oxygens (including phenoxy) is 4. The summed E-state index contributed by atoms with van der Waals surface area (Å²) in [6.07, 6.45) is 19.5. The molecule has 0 aliphatic heterocycles. The van der Waals surface area contributed by atoms with Crippen LogP contribution in [0.3, 0.4) is 0 Å². The molecule has 0 atom stereocenters. The van der Waals surface area contributed by atoms with Crippen molar-refractivity contribution in [3.63, 3.8) is 0 Å². The number of esters is 2. The van der Waals surface area contributed by atoms with Gasteiger partial charge in [-0.25, -0.2) is 0 Å². The van der Waals surface area contributed by atoms with Crippen LogP contribution in [0.5, 0.6) is 11.5 Å². The van der Waals surface area contributed by atoms with E-state index in [2.05, 4.69) is 160 Å². The maximum atomic E-state index is 12.0. The SMILES string of the molecule is O=C(CCCCCCCCCCOc1c(I)cc(I)cc1I)OCCCOC(=O)CCCCCCCCCCOc1c(I)cc(I)cc1I. The van der Waals surface area contributed by atoms with E-state index >= 15 is 0 Å². The van der Waals surface area contributed by atoms with Crippen LogP contribution < -0.4 is 9.47 Å². The first-order valence-corrected chi connectivity index (χ1v) is 24.0. The summed E-state index contributed by atoms with van der Waals surface area (Å²) in [5.74, 6) is 1.73. The van der Waals surface area contributed by atoms with Crippen molar-refractivity contribution in [3.05, 3.63) is 45.7 Å². The van der Waals surface area contributed by atoms with Crippen molar-refractivity contribution >= 4 is 147 Å². The molecule has 0 spiro atoms. The summed E-state index contributed by atoms with van der Waals surface area (Å²) in [5.41, 5.74) is 0. The first-order chi connectivity index (χ1) is 23.7. The minimum atomic E-state index is -0.149. The average molecular weight is 1350 g/mol. The molecule has 2 aromatic rings. The summed E-state index contributed by atoms with van der Waals surface area (Å²) in [6, 6.07) is 8.60. The van der Waals surface area contributed by atoms with Gasteiger partial charge in [0.05, 0.1) is 40.7 Å². The largest absolute Gasteiger partial charge is 0.491 e. The van der Waals surface area contributed by atoms with E-state index in [9.17, 15) is 9.59 Å². The molecule has 0 bridgehead atoms. The summed E-state index contributed by atoms with van der Waals surface area (Å²) in [5, 5.41) is 0. The van der Waals surface area contributed by atoms with Gasteiger partial charge in [-0.1, -0.05) is 77.0 Å². The second-order valence-electron chi connectivity index (χ2n) is 12.0. The van der Waals surface area contributed by atoms with Gasteiger partial charge in [-0.3, -0.25) is 9.59 Å². The second-order valence-corrected chi connectivity index (χ2v) is 19.2. The fraction of sp³-hybridized carbons (Fsp3) is 0.622. The van der Waals surface area contributed by atoms with Gasteiger partial charge in [0.1, 0.15) is 11.5 Å². The maximum Gasteiger partial charge on any atom is 0.305 e. The zero-order chi connectivity index (χ0) is 35.7. The Bertz CT molecular complexity index is 1100. The van der Waals surface area contributed by atoms with Crippen molar-refractivity contribution in [2.75, 3.05) is 26.4 Å². The molecule has 0 aliphatic rings. The van der Waals surface area contributed by atoms with Crippen LogP contribution in [0.1, 0.15) is 122 Å². The molecular weight excluding hydrogens is 1300 g/mol. The van der Waals surface area contributed by atoms with Gasteiger partial charge in [-0.2, -0.15) is 0 Å². The van der Waals surface area contributed by atoms with Gasteiger partial charge in [0, 0.05) is 26.4 Å². The molecule has 0 aliphatic carbocycles. The number of halogens is 6. The number of hydrogen-bond donors (Lipinski definition) is 0.